The maximum absolute atomic E-state index is 13.1. The average molecular weight is 360 g/mol. The van der Waals surface area contributed by atoms with Gasteiger partial charge in [0.15, 0.2) is 0 Å². The van der Waals surface area contributed by atoms with Gasteiger partial charge in [-0.1, -0.05) is 17.7 Å². The molecule has 0 aliphatic rings. The van der Waals surface area contributed by atoms with Crippen LogP contribution in [0.5, 0.6) is 0 Å². The van der Waals surface area contributed by atoms with Crippen LogP contribution in [0.3, 0.4) is 0 Å². The zero-order valence-electron chi connectivity index (χ0n) is 14.4. The molecule has 0 aliphatic heterocycles. The molecule has 4 nitrogen and oxygen atoms in total. The minimum Gasteiger partial charge on any atom is -0.325 e. The molecule has 0 radical (unpaired) electrons. The summed E-state index contributed by atoms with van der Waals surface area (Å²) in [6.45, 7) is 5.44. The van der Waals surface area contributed by atoms with Crippen molar-refractivity contribution in [1.82, 2.24) is 0 Å². The molecule has 0 saturated carbocycles. The van der Waals surface area contributed by atoms with Crippen LogP contribution in [0.25, 0.3) is 0 Å². The number of amides is 2. The number of halogens is 1. The number of anilines is 2. The fourth-order valence-corrected chi connectivity index (χ4v) is 2.80. The number of rotatable bonds is 6. The molecule has 0 aromatic heterocycles. The lowest BCUT2D eigenvalue weighted by Gasteiger charge is -2.13. The molecule has 0 heterocycles. The van der Waals surface area contributed by atoms with Gasteiger partial charge >= 0.3 is 0 Å². The highest BCUT2D eigenvalue weighted by molar-refractivity contribution is 8.01. The van der Waals surface area contributed by atoms with Gasteiger partial charge in [0, 0.05) is 11.4 Å². The average Bonchev–Trinajstić information content (AvgIpc) is 2.57. The predicted molar refractivity (Wildman–Crippen MR) is 101 cm³/mol. The normalized spacial score (nSPS) is 11.7. The molecule has 1 atom stereocenters. The van der Waals surface area contributed by atoms with Crippen LogP contribution in [-0.2, 0) is 9.59 Å². The summed E-state index contributed by atoms with van der Waals surface area (Å²) in [7, 11) is 0. The second-order valence-electron chi connectivity index (χ2n) is 5.82. The Labute approximate surface area is 151 Å². The summed E-state index contributed by atoms with van der Waals surface area (Å²) in [4.78, 5) is 24.2. The van der Waals surface area contributed by atoms with E-state index in [0.717, 1.165) is 11.3 Å². The van der Waals surface area contributed by atoms with Crippen molar-refractivity contribution in [3.63, 3.8) is 0 Å². The number of carbonyl (C=O) groups is 2. The second kappa shape index (κ2) is 8.67. The van der Waals surface area contributed by atoms with E-state index in [9.17, 15) is 14.0 Å². The van der Waals surface area contributed by atoms with E-state index < -0.39 is 5.25 Å². The molecule has 0 fully saturated rings. The number of nitrogens with one attached hydrogen (secondary N) is 2. The number of thioether (sulfide) groups is 1. The van der Waals surface area contributed by atoms with E-state index in [-0.39, 0.29) is 23.4 Å². The van der Waals surface area contributed by atoms with Crippen molar-refractivity contribution in [2.24, 2.45) is 0 Å². The molecule has 0 unspecified atom stereocenters. The first-order valence-corrected chi connectivity index (χ1v) is 8.95. The van der Waals surface area contributed by atoms with Crippen molar-refractivity contribution < 1.29 is 14.0 Å². The van der Waals surface area contributed by atoms with Crippen LogP contribution in [0.4, 0.5) is 15.8 Å². The minimum atomic E-state index is -0.409. The lowest BCUT2D eigenvalue weighted by atomic mass is 10.2. The molecule has 132 valence electrons. The summed E-state index contributed by atoms with van der Waals surface area (Å²) < 4.78 is 13.1. The molecule has 2 aromatic rings. The summed E-state index contributed by atoms with van der Waals surface area (Å²) in [6.07, 6.45) is 0. The third-order valence-electron chi connectivity index (χ3n) is 3.62. The monoisotopic (exact) mass is 360 g/mol. The lowest BCUT2D eigenvalue weighted by molar-refractivity contribution is -0.115. The molecule has 2 rings (SSSR count). The molecule has 25 heavy (non-hydrogen) atoms. The first-order chi connectivity index (χ1) is 11.8. The van der Waals surface area contributed by atoms with E-state index in [2.05, 4.69) is 10.6 Å². The topological polar surface area (TPSA) is 58.2 Å². The van der Waals surface area contributed by atoms with Gasteiger partial charge in [-0.15, -0.1) is 11.8 Å². The fraction of sp³-hybridized carbons (Fsp3) is 0.263. The molecular formula is C19H21FN2O2S. The Morgan fingerprint density at radius 1 is 1.08 bits per heavy atom. The van der Waals surface area contributed by atoms with Gasteiger partial charge < -0.3 is 10.6 Å². The molecule has 6 heteroatoms. The third kappa shape index (κ3) is 5.90. The summed E-state index contributed by atoms with van der Waals surface area (Å²) in [5.41, 5.74) is 3.08. The number of carbonyl (C=O) groups excluding carboxylic acids is 2. The van der Waals surface area contributed by atoms with Crippen molar-refractivity contribution in [2.75, 3.05) is 16.4 Å². The van der Waals surface area contributed by atoms with Crippen LogP contribution in [-0.4, -0.2) is 22.8 Å². The highest BCUT2D eigenvalue weighted by Gasteiger charge is 2.16. The van der Waals surface area contributed by atoms with Gasteiger partial charge in [0.25, 0.3) is 0 Å². The van der Waals surface area contributed by atoms with Gasteiger partial charge in [-0.3, -0.25) is 9.59 Å². The molecule has 0 bridgehead atoms. The number of benzene rings is 2. The fourth-order valence-electron chi connectivity index (χ4n) is 2.11. The van der Waals surface area contributed by atoms with E-state index in [1.807, 2.05) is 31.2 Å². The molecule has 2 aromatic carbocycles. The summed E-state index contributed by atoms with van der Waals surface area (Å²) >= 11 is 1.25. The SMILES string of the molecule is Cc1ccc(NC(=O)CS[C@@H](C)C(=O)Nc2ccc(F)cc2C)cc1. The minimum absolute atomic E-state index is 0.161. The van der Waals surface area contributed by atoms with Crippen LogP contribution in [0.2, 0.25) is 0 Å². The van der Waals surface area contributed by atoms with Gasteiger partial charge in [-0.05, 0) is 56.7 Å². The Bertz CT molecular complexity index is 763. The number of hydrogen-bond donors (Lipinski definition) is 2. The summed E-state index contributed by atoms with van der Waals surface area (Å²) in [6, 6.07) is 11.7. The van der Waals surface area contributed by atoms with Crippen LogP contribution in [0.15, 0.2) is 42.5 Å². The summed E-state index contributed by atoms with van der Waals surface area (Å²) in [5, 5.41) is 5.14. The Morgan fingerprint density at radius 3 is 2.40 bits per heavy atom. The number of aryl methyl sites for hydroxylation is 2. The van der Waals surface area contributed by atoms with Gasteiger partial charge in [0.05, 0.1) is 11.0 Å². The van der Waals surface area contributed by atoms with Crippen molar-refractivity contribution in [2.45, 2.75) is 26.0 Å². The largest absolute Gasteiger partial charge is 0.325 e. The van der Waals surface area contributed by atoms with E-state index in [0.29, 0.717) is 11.3 Å². The van der Waals surface area contributed by atoms with Gasteiger partial charge in [-0.2, -0.15) is 0 Å². The first kappa shape index (κ1) is 19.0. The lowest BCUT2D eigenvalue weighted by Crippen LogP contribution is -2.25. The second-order valence-corrected chi connectivity index (χ2v) is 7.15. The van der Waals surface area contributed by atoms with Crippen LogP contribution in [0.1, 0.15) is 18.1 Å². The zero-order valence-corrected chi connectivity index (χ0v) is 15.2. The van der Waals surface area contributed by atoms with E-state index in [4.69, 9.17) is 0 Å². The van der Waals surface area contributed by atoms with Gasteiger partial charge in [0.2, 0.25) is 11.8 Å². The highest BCUT2D eigenvalue weighted by atomic mass is 32.2. The maximum atomic E-state index is 13.1. The number of hydrogen-bond acceptors (Lipinski definition) is 3. The highest BCUT2D eigenvalue weighted by Crippen LogP contribution is 2.19. The Kier molecular flexibility index (Phi) is 6.58. The Morgan fingerprint density at radius 2 is 1.76 bits per heavy atom. The summed E-state index contributed by atoms with van der Waals surface area (Å²) in [5.74, 6) is -0.551. The molecule has 0 spiro atoms. The van der Waals surface area contributed by atoms with E-state index in [1.165, 1.54) is 30.0 Å². The maximum Gasteiger partial charge on any atom is 0.237 e. The first-order valence-electron chi connectivity index (χ1n) is 7.90. The quantitative estimate of drug-likeness (QED) is 0.814. The third-order valence-corrected chi connectivity index (χ3v) is 4.76. The van der Waals surface area contributed by atoms with Crippen molar-refractivity contribution in [3.8, 4) is 0 Å². The van der Waals surface area contributed by atoms with Crippen molar-refractivity contribution in [3.05, 3.63) is 59.4 Å². The van der Waals surface area contributed by atoms with Crippen molar-refractivity contribution in [1.29, 1.82) is 0 Å². The van der Waals surface area contributed by atoms with Crippen molar-refractivity contribution >= 4 is 35.0 Å². The van der Waals surface area contributed by atoms with Crippen LogP contribution in [0, 0.1) is 19.7 Å². The van der Waals surface area contributed by atoms with Crippen LogP contribution < -0.4 is 10.6 Å². The van der Waals surface area contributed by atoms with Gasteiger partial charge in [0.1, 0.15) is 5.82 Å². The molecule has 2 N–H and O–H groups in total. The molecular weight excluding hydrogens is 339 g/mol. The molecule has 0 aliphatic carbocycles. The smallest absolute Gasteiger partial charge is 0.237 e. The zero-order chi connectivity index (χ0) is 18.4. The molecule has 0 saturated heterocycles. The standard InChI is InChI=1S/C19H21FN2O2S/c1-12-4-7-16(8-5-12)21-18(23)11-25-14(3)19(24)22-17-9-6-15(20)10-13(17)2/h4-10,14H,11H2,1-3H3,(H,21,23)(H,22,24)/t14-/m0/s1. The predicted octanol–water partition coefficient (Wildman–Crippen LogP) is 4.14. The Hall–Kier alpha value is -2.34. The van der Waals surface area contributed by atoms with E-state index in [1.54, 1.807) is 13.8 Å². The van der Waals surface area contributed by atoms with Gasteiger partial charge in [-0.25, -0.2) is 4.39 Å². The van der Waals surface area contributed by atoms with Crippen LogP contribution >= 0.6 is 11.8 Å². The Balaban J connectivity index is 1.82. The molecule has 2 amide bonds. The van der Waals surface area contributed by atoms with E-state index >= 15 is 0 Å².